The van der Waals surface area contributed by atoms with Gasteiger partial charge in [-0.1, -0.05) is 84.9 Å². The van der Waals surface area contributed by atoms with Gasteiger partial charge in [0.15, 0.2) is 11.6 Å². The Balaban J connectivity index is 1.55. The van der Waals surface area contributed by atoms with E-state index in [2.05, 4.69) is 12.1 Å². The molecule has 5 aromatic carbocycles. The van der Waals surface area contributed by atoms with Crippen LogP contribution in [0.3, 0.4) is 0 Å². The normalized spacial score (nSPS) is 12.7. The fourth-order valence-corrected chi connectivity index (χ4v) is 6.43. The Labute approximate surface area is 240 Å². The standard InChI is InChI=1S/C37H22F2N2O/c38-35-33(22-11-3-1-4-12-22)28(21-40)34(23-13-5-2-6-14-23)36(39)37(35)41-29-17-9-7-15-24(29)26-19-27-25-16-8-10-18-31(25)42-32(27)20-30(26)41/h1-6,8-14,16-20H,7,15H2. The Morgan fingerprint density at radius 3 is 2.02 bits per heavy atom. The smallest absolute Gasteiger partial charge is 0.159 e. The summed E-state index contributed by atoms with van der Waals surface area (Å²) in [5, 5.41) is 13.2. The average Bonchev–Trinajstić information content (AvgIpc) is 3.55. The second-order valence-corrected chi connectivity index (χ2v) is 10.5. The van der Waals surface area contributed by atoms with Crippen molar-refractivity contribution < 1.29 is 13.2 Å². The zero-order valence-corrected chi connectivity index (χ0v) is 22.4. The van der Waals surface area contributed by atoms with Crippen LogP contribution in [-0.2, 0) is 6.42 Å². The molecule has 0 saturated carbocycles. The molecule has 0 spiro atoms. The molecule has 0 fully saturated rings. The Bertz CT molecular complexity index is 2200. The number of aromatic nitrogens is 1. The van der Waals surface area contributed by atoms with Crippen LogP contribution in [0.4, 0.5) is 8.78 Å². The minimum atomic E-state index is -0.779. The van der Waals surface area contributed by atoms with Crippen molar-refractivity contribution in [2.24, 2.45) is 0 Å². The van der Waals surface area contributed by atoms with E-state index >= 15 is 8.78 Å². The van der Waals surface area contributed by atoms with Crippen LogP contribution in [0.1, 0.15) is 23.2 Å². The van der Waals surface area contributed by atoms with Gasteiger partial charge in [0, 0.05) is 39.0 Å². The molecule has 0 radical (unpaired) electrons. The molecule has 0 atom stereocenters. The van der Waals surface area contributed by atoms with E-state index in [1.807, 2.05) is 54.6 Å². The third kappa shape index (κ3) is 3.42. The van der Waals surface area contributed by atoms with Crippen LogP contribution in [0.2, 0.25) is 0 Å². The van der Waals surface area contributed by atoms with Gasteiger partial charge >= 0.3 is 0 Å². The Morgan fingerprint density at radius 2 is 1.36 bits per heavy atom. The lowest BCUT2D eigenvalue weighted by molar-refractivity contribution is 0.574. The number of halogens is 2. The first-order chi connectivity index (χ1) is 20.7. The van der Waals surface area contributed by atoms with Crippen LogP contribution in [0.5, 0.6) is 0 Å². The summed E-state index contributed by atoms with van der Waals surface area (Å²) in [5.41, 5.74) is 4.74. The van der Waals surface area contributed by atoms with Crippen molar-refractivity contribution in [3.05, 3.63) is 132 Å². The summed E-state index contributed by atoms with van der Waals surface area (Å²) in [4.78, 5) is 0. The lowest BCUT2D eigenvalue weighted by Crippen LogP contribution is -2.10. The minimum absolute atomic E-state index is 0.0355. The molecule has 0 aliphatic heterocycles. The van der Waals surface area contributed by atoms with Gasteiger partial charge < -0.3 is 8.98 Å². The van der Waals surface area contributed by atoms with Crippen molar-refractivity contribution in [1.29, 1.82) is 5.26 Å². The second-order valence-electron chi connectivity index (χ2n) is 10.5. The molecule has 2 heterocycles. The maximum absolute atomic E-state index is 17.0. The van der Waals surface area contributed by atoms with E-state index < -0.39 is 11.6 Å². The first kappa shape index (κ1) is 24.3. The number of benzene rings is 5. The molecule has 200 valence electrons. The second kappa shape index (κ2) is 9.29. The third-order valence-corrected chi connectivity index (χ3v) is 8.26. The molecule has 0 N–H and O–H groups in total. The summed E-state index contributed by atoms with van der Waals surface area (Å²) in [6, 6.07) is 31.7. The summed E-state index contributed by atoms with van der Waals surface area (Å²) in [7, 11) is 0. The van der Waals surface area contributed by atoms with Crippen molar-refractivity contribution in [2.45, 2.75) is 12.8 Å². The number of allylic oxidation sites excluding steroid dienone is 1. The van der Waals surface area contributed by atoms with Gasteiger partial charge in [-0.2, -0.15) is 5.26 Å². The molecule has 0 bridgehead atoms. The monoisotopic (exact) mass is 548 g/mol. The number of nitrogens with zero attached hydrogens (tertiary/aromatic N) is 2. The van der Waals surface area contributed by atoms with Gasteiger partial charge in [-0.25, -0.2) is 8.78 Å². The van der Waals surface area contributed by atoms with E-state index in [1.165, 1.54) is 0 Å². The van der Waals surface area contributed by atoms with E-state index in [0.29, 0.717) is 22.2 Å². The first-order valence-corrected chi connectivity index (χ1v) is 13.9. The molecular weight excluding hydrogens is 526 g/mol. The number of aryl methyl sites for hydroxylation is 1. The quantitative estimate of drug-likeness (QED) is 0.220. The van der Waals surface area contributed by atoms with E-state index in [1.54, 1.807) is 53.1 Å². The molecule has 1 aliphatic carbocycles. The molecular formula is C37H22F2N2O. The van der Waals surface area contributed by atoms with Gasteiger partial charge in [0.2, 0.25) is 0 Å². The summed E-state index contributed by atoms with van der Waals surface area (Å²) in [6.45, 7) is 0. The number of hydrogen-bond donors (Lipinski definition) is 0. The molecule has 3 nitrogen and oxygen atoms in total. The maximum atomic E-state index is 17.0. The SMILES string of the molecule is N#Cc1c(-c2ccccc2)c(F)c(-n2c3c(c4cc5c(cc42)oc2ccccc25)CCC=C3)c(F)c1-c1ccccc1. The molecule has 1 aliphatic rings. The summed E-state index contributed by atoms with van der Waals surface area (Å²) in [6.07, 6.45) is 5.56. The highest BCUT2D eigenvalue weighted by Gasteiger charge is 2.31. The number of para-hydroxylation sites is 1. The van der Waals surface area contributed by atoms with E-state index in [0.717, 1.165) is 45.8 Å². The van der Waals surface area contributed by atoms with Crippen molar-refractivity contribution in [1.82, 2.24) is 4.57 Å². The lowest BCUT2D eigenvalue weighted by atomic mass is 9.90. The zero-order chi connectivity index (χ0) is 28.4. The molecule has 0 saturated heterocycles. The number of nitriles is 1. The van der Waals surface area contributed by atoms with E-state index in [9.17, 15) is 5.26 Å². The van der Waals surface area contributed by atoms with Gasteiger partial charge in [0.05, 0.1) is 11.1 Å². The highest BCUT2D eigenvalue weighted by molar-refractivity contribution is 6.11. The van der Waals surface area contributed by atoms with Crippen LogP contribution < -0.4 is 0 Å². The van der Waals surface area contributed by atoms with Crippen LogP contribution >= 0.6 is 0 Å². The van der Waals surface area contributed by atoms with Gasteiger partial charge in [-0.15, -0.1) is 0 Å². The third-order valence-electron chi connectivity index (χ3n) is 8.26. The summed E-state index contributed by atoms with van der Waals surface area (Å²) < 4.78 is 42.0. The fourth-order valence-electron chi connectivity index (χ4n) is 6.43. The highest BCUT2D eigenvalue weighted by Crippen LogP contribution is 2.44. The van der Waals surface area contributed by atoms with Crippen molar-refractivity contribution in [2.75, 3.05) is 0 Å². The highest BCUT2D eigenvalue weighted by atomic mass is 19.1. The van der Waals surface area contributed by atoms with Gasteiger partial charge in [-0.05, 0) is 47.7 Å². The van der Waals surface area contributed by atoms with Gasteiger partial charge in [0.1, 0.15) is 22.9 Å². The molecule has 0 unspecified atom stereocenters. The number of hydrogen-bond acceptors (Lipinski definition) is 2. The van der Waals surface area contributed by atoms with Crippen molar-refractivity contribution >= 4 is 38.9 Å². The largest absolute Gasteiger partial charge is 0.456 e. The van der Waals surface area contributed by atoms with Gasteiger partial charge in [0.25, 0.3) is 0 Å². The van der Waals surface area contributed by atoms with Gasteiger partial charge in [-0.3, -0.25) is 0 Å². The Kier molecular flexibility index (Phi) is 5.38. The molecule has 42 heavy (non-hydrogen) atoms. The Morgan fingerprint density at radius 1 is 0.714 bits per heavy atom. The maximum Gasteiger partial charge on any atom is 0.159 e. The van der Waals surface area contributed by atoms with Crippen LogP contribution in [0.25, 0.3) is 66.9 Å². The number of fused-ring (bicyclic) bond motifs is 6. The minimum Gasteiger partial charge on any atom is -0.456 e. The molecule has 2 aromatic heterocycles. The van der Waals surface area contributed by atoms with E-state index in [4.69, 9.17) is 4.42 Å². The molecule has 7 aromatic rings. The van der Waals surface area contributed by atoms with Crippen molar-refractivity contribution in [3.8, 4) is 34.0 Å². The first-order valence-electron chi connectivity index (χ1n) is 13.9. The molecule has 0 amide bonds. The molecule has 8 rings (SSSR count). The Hall–Kier alpha value is -5.47. The van der Waals surface area contributed by atoms with Crippen LogP contribution in [-0.4, -0.2) is 4.57 Å². The lowest BCUT2D eigenvalue weighted by Gasteiger charge is -2.20. The van der Waals surface area contributed by atoms with E-state index in [-0.39, 0.29) is 22.4 Å². The summed E-state index contributed by atoms with van der Waals surface area (Å²) in [5.74, 6) is -1.56. The topological polar surface area (TPSA) is 41.9 Å². The number of furan rings is 1. The van der Waals surface area contributed by atoms with Crippen molar-refractivity contribution in [3.63, 3.8) is 0 Å². The average molecular weight is 549 g/mol. The fraction of sp³-hybridized carbons (Fsp3) is 0.0541. The van der Waals surface area contributed by atoms with Crippen LogP contribution in [0, 0.1) is 23.0 Å². The van der Waals surface area contributed by atoms with Crippen LogP contribution in [0.15, 0.2) is 108 Å². The predicted octanol–water partition coefficient (Wildman–Crippen LogP) is 9.97. The zero-order valence-electron chi connectivity index (χ0n) is 22.4. The predicted molar refractivity (Wildman–Crippen MR) is 163 cm³/mol. The molecule has 5 heteroatoms. The summed E-state index contributed by atoms with van der Waals surface area (Å²) >= 11 is 0. The number of rotatable bonds is 3.